The number of nitro groups is 1. The molecular weight excluding hydrogens is 253 g/mol. The number of hydrogen-bond acceptors (Lipinski definition) is 5. The fraction of sp³-hybridized carbons (Fsp3) is 0.0833. The van der Waals surface area contributed by atoms with Crippen LogP contribution in [0.2, 0.25) is 0 Å². The van der Waals surface area contributed by atoms with Gasteiger partial charge in [0.15, 0.2) is 5.82 Å². The molecule has 2 rings (SSSR count). The highest BCUT2D eigenvalue weighted by Crippen LogP contribution is 2.30. The van der Waals surface area contributed by atoms with Crippen molar-refractivity contribution in [3.8, 4) is 5.88 Å². The Morgan fingerprint density at radius 2 is 2.05 bits per heavy atom. The van der Waals surface area contributed by atoms with Gasteiger partial charge in [0.1, 0.15) is 0 Å². The number of para-hydroxylation sites is 1. The monoisotopic (exact) mass is 263 g/mol. The minimum absolute atomic E-state index is 0.0746. The Bertz CT molecular complexity index is 605. The van der Waals surface area contributed by atoms with Crippen LogP contribution in [0.15, 0.2) is 36.4 Å². The number of ether oxygens (including phenoxy) is 1. The third-order valence-corrected chi connectivity index (χ3v) is 2.35. The Kier molecular flexibility index (Phi) is 3.56. The molecule has 0 aliphatic carbocycles. The smallest absolute Gasteiger partial charge is 0.314 e. The van der Waals surface area contributed by atoms with Crippen molar-refractivity contribution in [2.24, 2.45) is 0 Å². The van der Waals surface area contributed by atoms with Crippen LogP contribution in [0, 0.1) is 15.9 Å². The predicted octanol–water partition coefficient (Wildman–Crippen LogP) is 2.88. The third-order valence-electron chi connectivity index (χ3n) is 2.35. The summed E-state index contributed by atoms with van der Waals surface area (Å²) >= 11 is 0. The summed E-state index contributed by atoms with van der Waals surface area (Å²) in [6.45, 7) is 0. The number of rotatable bonds is 4. The van der Waals surface area contributed by atoms with Gasteiger partial charge in [-0.3, -0.25) is 10.1 Å². The van der Waals surface area contributed by atoms with Gasteiger partial charge >= 0.3 is 5.69 Å². The van der Waals surface area contributed by atoms with Crippen molar-refractivity contribution in [3.63, 3.8) is 0 Å². The van der Waals surface area contributed by atoms with Gasteiger partial charge < -0.3 is 10.1 Å². The van der Waals surface area contributed by atoms with Crippen molar-refractivity contribution >= 4 is 17.2 Å². The molecule has 1 N–H and O–H groups in total. The van der Waals surface area contributed by atoms with Crippen LogP contribution < -0.4 is 10.1 Å². The second kappa shape index (κ2) is 5.30. The molecule has 1 aromatic heterocycles. The highest BCUT2D eigenvalue weighted by atomic mass is 19.1. The van der Waals surface area contributed by atoms with E-state index in [9.17, 15) is 14.5 Å². The minimum atomic E-state index is -0.882. The molecule has 0 radical (unpaired) electrons. The average Bonchev–Trinajstić information content (AvgIpc) is 2.41. The number of aromatic nitrogens is 1. The molecule has 19 heavy (non-hydrogen) atoms. The molecule has 0 fully saturated rings. The first-order chi connectivity index (χ1) is 9.11. The van der Waals surface area contributed by atoms with Crippen LogP contribution >= 0.6 is 0 Å². The molecule has 1 aromatic carbocycles. The summed E-state index contributed by atoms with van der Waals surface area (Å²) in [5.41, 5.74) is 0.147. The topological polar surface area (TPSA) is 77.3 Å². The number of benzene rings is 1. The lowest BCUT2D eigenvalue weighted by atomic mass is 10.3. The summed E-state index contributed by atoms with van der Waals surface area (Å²) in [5.74, 6) is -1.26. The molecule has 0 aliphatic rings. The van der Waals surface area contributed by atoms with Crippen LogP contribution in [0.1, 0.15) is 0 Å². The lowest BCUT2D eigenvalue weighted by molar-refractivity contribution is -0.384. The molecule has 0 saturated carbocycles. The van der Waals surface area contributed by atoms with Crippen LogP contribution in [0.4, 0.5) is 21.6 Å². The van der Waals surface area contributed by atoms with Crippen molar-refractivity contribution in [2.45, 2.75) is 0 Å². The first-order valence-electron chi connectivity index (χ1n) is 5.33. The fourth-order valence-corrected chi connectivity index (χ4v) is 1.49. The summed E-state index contributed by atoms with van der Waals surface area (Å²) in [5, 5.41) is 13.6. The molecule has 2 aromatic rings. The highest BCUT2D eigenvalue weighted by molar-refractivity contribution is 5.66. The number of pyridine rings is 1. The van der Waals surface area contributed by atoms with E-state index in [1.54, 1.807) is 30.3 Å². The Hall–Kier alpha value is -2.70. The quantitative estimate of drug-likeness (QED) is 0.677. The zero-order chi connectivity index (χ0) is 13.8. The van der Waals surface area contributed by atoms with E-state index in [1.807, 2.05) is 0 Å². The molecule has 6 nitrogen and oxygen atoms in total. The molecule has 0 aliphatic heterocycles. The van der Waals surface area contributed by atoms with Gasteiger partial charge in [-0.05, 0) is 12.1 Å². The number of methoxy groups -OCH3 is 1. The van der Waals surface area contributed by atoms with Crippen LogP contribution in [-0.4, -0.2) is 17.0 Å². The molecular formula is C12H10FN3O3. The molecule has 98 valence electrons. The molecule has 7 heteroatoms. The van der Waals surface area contributed by atoms with Crippen LogP contribution in [0.5, 0.6) is 5.88 Å². The van der Waals surface area contributed by atoms with E-state index < -0.39 is 16.4 Å². The molecule has 0 amide bonds. The number of anilines is 2. The summed E-state index contributed by atoms with van der Waals surface area (Å²) in [7, 11) is 1.24. The maximum atomic E-state index is 13.4. The van der Waals surface area contributed by atoms with Crippen molar-refractivity contribution < 1.29 is 14.1 Å². The Morgan fingerprint density at radius 3 is 2.63 bits per heavy atom. The SMILES string of the molecule is COc1nc(Nc2ccccc2)c([N+](=O)[O-])cc1F. The Labute approximate surface area is 108 Å². The number of nitrogens with one attached hydrogen (secondary N) is 1. The fourth-order valence-electron chi connectivity index (χ4n) is 1.49. The van der Waals surface area contributed by atoms with Gasteiger partial charge in [0.05, 0.1) is 18.1 Å². The van der Waals surface area contributed by atoms with Gasteiger partial charge in [0, 0.05) is 5.69 Å². The van der Waals surface area contributed by atoms with E-state index in [4.69, 9.17) is 4.74 Å². The van der Waals surface area contributed by atoms with E-state index in [1.165, 1.54) is 7.11 Å². The zero-order valence-electron chi connectivity index (χ0n) is 9.96. The van der Waals surface area contributed by atoms with E-state index >= 15 is 0 Å². The number of hydrogen-bond donors (Lipinski definition) is 1. The Morgan fingerprint density at radius 1 is 1.37 bits per heavy atom. The second-order valence-corrected chi connectivity index (χ2v) is 3.60. The van der Waals surface area contributed by atoms with Crippen molar-refractivity contribution in [3.05, 3.63) is 52.3 Å². The van der Waals surface area contributed by atoms with Gasteiger partial charge in [-0.25, -0.2) is 4.39 Å². The molecule has 0 spiro atoms. The van der Waals surface area contributed by atoms with E-state index in [0.717, 1.165) is 6.07 Å². The van der Waals surface area contributed by atoms with Gasteiger partial charge in [-0.2, -0.15) is 4.98 Å². The summed E-state index contributed by atoms with van der Waals surface area (Å²) in [4.78, 5) is 13.9. The maximum absolute atomic E-state index is 13.4. The van der Waals surface area contributed by atoms with Crippen LogP contribution in [0.3, 0.4) is 0 Å². The molecule has 0 saturated heterocycles. The van der Waals surface area contributed by atoms with Gasteiger partial charge in [-0.15, -0.1) is 0 Å². The third kappa shape index (κ3) is 2.76. The van der Waals surface area contributed by atoms with Crippen LogP contribution in [-0.2, 0) is 0 Å². The minimum Gasteiger partial charge on any atom is -0.479 e. The summed E-state index contributed by atoms with van der Waals surface area (Å²) < 4.78 is 18.1. The van der Waals surface area contributed by atoms with E-state index in [0.29, 0.717) is 5.69 Å². The lowest BCUT2D eigenvalue weighted by Crippen LogP contribution is -2.03. The number of nitrogens with zero attached hydrogens (tertiary/aromatic N) is 2. The van der Waals surface area contributed by atoms with E-state index in [-0.39, 0.29) is 11.7 Å². The zero-order valence-corrected chi connectivity index (χ0v) is 9.96. The van der Waals surface area contributed by atoms with Gasteiger partial charge in [-0.1, -0.05) is 18.2 Å². The van der Waals surface area contributed by atoms with Crippen molar-refractivity contribution in [2.75, 3.05) is 12.4 Å². The van der Waals surface area contributed by atoms with Gasteiger partial charge in [0.2, 0.25) is 5.82 Å². The molecule has 0 unspecified atom stereocenters. The lowest BCUT2D eigenvalue weighted by Gasteiger charge is -2.08. The summed E-state index contributed by atoms with van der Waals surface area (Å²) in [6, 6.07) is 9.52. The highest BCUT2D eigenvalue weighted by Gasteiger charge is 2.20. The van der Waals surface area contributed by atoms with Crippen molar-refractivity contribution in [1.29, 1.82) is 0 Å². The summed E-state index contributed by atoms with van der Waals surface area (Å²) in [6.07, 6.45) is 0. The van der Waals surface area contributed by atoms with Crippen molar-refractivity contribution in [1.82, 2.24) is 4.98 Å². The molecule has 0 bridgehead atoms. The molecule has 1 heterocycles. The normalized spacial score (nSPS) is 10.0. The predicted molar refractivity (Wildman–Crippen MR) is 67.1 cm³/mol. The van der Waals surface area contributed by atoms with Gasteiger partial charge in [0.25, 0.3) is 5.88 Å². The van der Waals surface area contributed by atoms with Crippen LogP contribution in [0.25, 0.3) is 0 Å². The average molecular weight is 263 g/mol. The second-order valence-electron chi connectivity index (χ2n) is 3.60. The number of halogens is 1. The maximum Gasteiger partial charge on any atom is 0.314 e. The standard InChI is InChI=1S/C12H10FN3O3/c1-19-12-9(13)7-10(16(17)18)11(15-12)14-8-5-3-2-4-6-8/h2-7H,1H3,(H,14,15). The first kappa shape index (κ1) is 12.7. The Balaban J connectivity index is 2.45. The first-order valence-corrected chi connectivity index (χ1v) is 5.33. The largest absolute Gasteiger partial charge is 0.479 e. The van der Waals surface area contributed by atoms with E-state index in [2.05, 4.69) is 10.3 Å². The molecule has 0 atom stereocenters.